The lowest BCUT2D eigenvalue weighted by molar-refractivity contribution is 0.0663. The van der Waals surface area contributed by atoms with Crippen molar-refractivity contribution in [3.63, 3.8) is 0 Å². The van der Waals surface area contributed by atoms with Gasteiger partial charge in [0, 0.05) is 0 Å². The van der Waals surface area contributed by atoms with Crippen LogP contribution in [0.15, 0.2) is 18.2 Å². The summed E-state index contributed by atoms with van der Waals surface area (Å²) >= 11 is 0. The molecule has 2 rings (SSSR count). The van der Waals surface area contributed by atoms with E-state index < -0.39 is 11.5 Å². The van der Waals surface area contributed by atoms with Gasteiger partial charge in [0.2, 0.25) is 0 Å². The summed E-state index contributed by atoms with van der Waals surface area (Å²) in [5.74, 6) is -0.365. The molecule has 0 heterocycles. The first-order valence-electron chi connectivity index (χ1n) is 5.94. The van der Waals surface area contributed by atoms with Crippen molar-refractivity contribution in [2.24, 2.45) is 5.41 Å². The molecule has 1 atom stereocenters. The zero-order valence-corrected chi connectivity index (χ0v) is 9.91. The van der Waals surface area contributed by atoms with E-state index in [2.05, 4.69) is 6.07 Å². The molecular formula is C14H16FNO. The Morgan fingerprint density at radius 2 is 2.06 bits per heavy atom. The summed E-state index contributed by atoms with van der Waals surface area (Å²) in [4.78, 5) is 0. The smallest absolute Gasteiger partial charge is 0.123 e. The van der Waals surface area contributed by atoms with Gasteiger partial charge in [-0.2, -0.15) is 5.26 Å². The summed E-state index contributed by atoms with van der Waals surface area (Å²) in [6.07, 6.45) is 2.42. The second-order valence-corrected chi connectivity index (χ2v) is 4.88. The molecule has 1 fully saturated rings. The molecule has 0 aromatic heterocycles. The number of aliphatic hydroxyl groups is 1. The topological polar surface area (TPSA) is 44.0 Å². The van der Waals surface area contributed by atoms with E-state index >= 15 is 0 Å². The number of aryl methyl sites for hydroxylation is 1. The zero-order valence-electron chi connectivity index (χ0n) is 9.91. The molecule has 3 heteroatoms. The second kappa shape index (κ2) is 4.46. The normalized spacial score (nSPS) is 19.9. The monoisotopic (exact) mass is 233 g/mol. The van der Waals surface area contributed by atoms with Crippen LogP contribution in [0.3, 0.4) is 0 Å². The Bertz CT molecular complexity index is 458. The van der Waals surface area contributed by atoms with Crippen molar-refractivity contribution in [2.45, 2.75) is 38.7 Å². The Morgan fingerprint density at radius 1 is 1.41 bits per heavy atom. The van der Waals surface area contributed by atoms with Crippen LogP contribution >= 0.6 is 0 Å². The minimum absolute atomic E-state index is 0.365. The molecule has 90 valence electrons. The van der Waals surface area contributed by atoms with Gasteiger partial charge in [0.1, 0.15) is 5.82 Å². The number of benzene rings is 1. The summed E-state index contributed by atoms with van der Waals surface area (Å²) in [7, 11) is 0. The number of aliphatic hydroxyl groups excluding tert-OH is 1. The fraction of sp³-hybridized carbons (Fsp3) is 0.500. The van der Waals surface area contributed by atoms with Gasteiger partial charge in [-0.3, -0.25) is 0 Å². The third-order valence-corrected chi connectivity index (χ3v) is 3.78. The summed E-state index contributed by atoms with van der Waals surface area (Å²) in [5, 5.41) is 19.7. The summed E-state index contributed by atoms with van der Waals surface area (Å²) in [5.41, 5.74) is 0.660. The van der Waals surface area contributed by atoms with Crippen LogP contribution in [-0.2, 0) is 0 Å². The molecule has 1 aromatic carbocycles. The van der Waals surface area contributed by atoms with Gasteiger partial charge < -0.3 is 5.11 Å². The number of halogens is 1. The van der Waals surface area contributed by atoms with E-state index in [4.69, 9.17) is 0 Å². The van der Waals surface area contributed by atoms with E-state index in [1.165, 1.54) is 12.1 Å². The van der Waals surface area contributed by atoms with Crippen LogP contribution in [0.2, 0.25) is 0 Å². The van der Waals surface area contributed by atoms with Gasteiger partial charge in [-0.15, -0.1) is 0 Å². The van der Waals surface area contributed by atoms with Gasteiger partial charge >= 0.3 is 0 Å². The molecule has 0 spiro atoms. The lowest BCUT2D eigenvalue weighted by Crippen LogP contribution is -2.24. The molecule has 0 radical (unpaired) electrons. The van der Waals surface area contributed by atoms with Crippen LogP contribution in [0.4, 0.5) is 4.39 Å². The third kappa shape index (κ3) is 2.05. The summed E-state index contributed by atoms with van der Waals surface area (Å²) in [6.45, 7) is 1.83. The van der Waals surface area contributed by atoms with Crippen LogP contribution in [0, 0.1) is 29.5 Å². The maximum Gasteiger partial charge on any atom is 0.123 e. The number of nitriles is 1. The number of hydrogen-bond acceptors (Lipinski definition) is 2. The van der Waals surface area contributed by atoms with Gasteiger partial charge in [-0.1, -0.05) is 18.9 Å². The van der Waals surface area contributed by atoms with Crippen molar-refractivity contribution < 1.29 is 9.50 Å². The largest absolute Gasteiger partial charge is 0.387 e. The van der Waals surface area contributed by atoms with Gasteiger partial charge in [0.15, 0.2) is 0 Å². The van der Waals surface area contributed by atoms with Gasteiger partial charge in [0.05, 0.1) is 17.6 Å². The first kappa shape index (κ1) is 12.1. The molecule has 1 saturated carbocycles. The van der Waals surface area contributed by atoms with E-state index in [1.54, 1.807) is 6.07 Å². The maximum absolute atomic E-state index is 13.2. The molecule has 1 aliphatic rings. The average Bonchev–Trinajstić information content (AvgIpc) is 2.81. The van der Waals surface area contributed by atoms with Crippen LogP contribution in [0.25, 0.3) is 0 Å². The molecule has 0 bridgehead atoms. The predicted molar refractivity (Wildman–Crippen MR) is 62.6 cm³/mol. The summed E-state index contributed by atoms with van der Waals surface area (Å²) < 4.78 is 13.2. The highest BCUT2D eigenvalue weighted by Crippen LogP contribution is 2.47. The fourth-order valence-electron chi connectivity index (χ4n) is 2.66. The first-order valence-corrected chi connectivity index (χ1v) is 5.94. The van der Waals surface area contributed by atoms with E-state index in [1.807, 2.05) is 6.92 Å². The fourth-order valence-corrected chi connectivity index (χ4v) is 2.66. The molecule has 1 N–H and O–H groups in total. The van der Waals surface area contributed by atoms with Crippen molar-refractivity contribution in [3.05, 3.63) is 35.1 Å². The molecule has 0 amide bonds. The quantitative estimate of drug-likeness (QED) is 0.852. The van der Waals surface area contributed by atoms with E-state index in [9.17, 15) is 14.8 Å². The molecule has 1 aromatic rings. The average molecular weight is 233 g/mol. The minimum Gasteiger partial charge on any atom is -0.387 e. The molecule has 0 saturated heterocycles. The van der Waals surface area contributed by atoms with Crippen LogP contribution in [0.5, 0.6) is 0 Å². The van der Waals surface area contributed by atoms with Crippen LogP contribution in [-0.4, -0.2) is 5.11 Å². The van der Waals surface area contributed by atoms with Crippen LogP contribution in [0.1, 0.15) is 42.9 Å². The third-order valence-electron chi connectivity index (χ3n) is 3.78. The Labute approximate surface area is 101 Å². The highest BCUT2D eigenvalue weighted by atomic mass is 19.1. The lowest BCUT2D eigenvalue weighted by atomic mass is 9.77. The van der Waals surface area contributed by atoms with Crippen molar-refractivity contribution in [1.82, 2.24) is 0 Å². The zero-order chi connectivity index (χ0) is 12.5. The maximum atomic E-state index is 13.2. The molecular weight excluding hydrogens is 217 g/mol. The van der Waals surface area contributed by atoms with Gasteiger partial charge in [-0.25, -0.2) is 4.39 Å². The van der Waals surface area contributed by atoms with Crippen molar-refractivity contribution >= 4 is 0 Å². The Hall–Kier alpha value is -1.40. The highest BCUT2D eigenvalue weighted by molar-refractivity contribution is 5.32. The molecule has 1 aliphatic carbocycles. The Kier molecular flexibility index (Phi) is 3.17. The predicted octanol–water partition coefficient (Wildman–Crippen LogP) is 3.25. The van der Waals surface area contributed by atoms with Crippen molar-refractivity contribution in [1.29, 1.82) is 5.26 Å². The van der Waals surface area contributed by atoms with E-state index in [-0.39, 0.29) is 5.82 Å². The number of rotatable bonds is 2. The minimum atomic E-state index is -0.884. The molecule has 1 unspecified atom stereocenters. The summed E-state index contributed by atoms with van der Waals surface area (Å²) in [6, 6.07) is 6.62. The molecule has 2 nitrogen and oxygen atoms in total. The van der Waals surface area contributed by atoms with E-state index in [0.29, 0.717) is 18.4 Å². The van der Waals surface area contributed by atoms with Crippen molar-refractivity contribution in [3.8, 4) is 6.07 Å². The van der Waals surface area contributed by atoms with Gasteiger partial charge in [0.25, 0.3) is 0 Å². The van der Waals surface area contributed by atoms with Crippen molar-refractivity contribution in [2.75, 3.05) is 0 Å². The SMILES string of the molecule is Cc1ccc(F)cc1C(O)C1(C#N)CCCC1. The molecule has 17 heavy (non-hydrogen) atoms. The second-order valence-electron chi connectivity index (χ2n) is 4.88. The standard InChI is InChI=1S/C14H16FNO/c1-10-4-5-11(15)8-12(10)13(17)14(9-16)6-2-3-7-14/h4-5,8,13,17H,2-3,6-7H2,1H3. The highest BCUT2D eigenvalue weighted by Gasteiger charge is 2.42. The Morgan fingerprint density at radius 3 is 2.65 bits per heavy atom. The first-order chi connectivity index (χ1) is 8.09. The number of nitrogens with zero attached hydrogens (tertiary/aromatic N) is 1. The lowest BCUT2D eigenvalue weighted by Gasteiger charge is -2.28. The van der Waals surface area contributed by atoms with Crippen LogP contribution < -0.4 is 0 Å². The van der Waals surface area contributed by atoms with Gasteiger partial charge in [-0.05, 0) is 43.0 Å². The Balaban J connectivity index is 2.39. The number of hydrogen-bond donors (Lipinski definition) is 1. The van der Waals surface area contributed by atoms with E-state index in [0.717, 1.165) is 18.4 Å². The molecule has 0 aliphatic heterocycles.